The number of carbonyl (C=O) groups is 1. The minimum Gasteiger partial charge on any atom is -0.325 e. The molecule has 1 heterocycles. The summed E-state index contributed by atoms with van der Waals surface area (Å²) in [5, 5.41) is 7.47. The van der Waals surface area contributed by atoms with E-state index in [4.69, 9.17) is 11.6 Å². The molecule has 0 saturated heterocycles. The van der Waals surface area contributed by atoms with E-state index in [0.29, 0.717) is 23.7 Å². The SMILES string of the molecule is O=C(CCn1cccn1)Nc1ccc(Cl)cc1Br. The van der Waals surface area contributed by atoms with Gasteiger partial charge in [0.1, 0.15) is 0 Å². The maximum Gasteiger partial charge on any atom is 0.226 e. The Balaban J connectivity index is 1.91. The molecule has 0 unspecified atom stereocenters. The van der Waals surface area contributed by atoms with Crippen LogP contribution in [-0.2, 0) is 11.3 Å². The predicted octanol–water partition coefficient (Wildman–Crippen LogP) is 3.33. The molecule has 0 bridgehead atoms. The van der Waals surface area contributed by atoms with Crippen LogP contribution in [0.5, 0.6) is 0 Å². The van der Waals surface area contributed by atoms with Crippen LogP contribution in [0.15, 0.2) is 41.1 Å². The highest BCUT2D eigenvalue weighted by atomic mass is 79.9. The molecule has 1 amide bonds. The Morgan fingerprint density at radius 1 is 1.50 bits per heavy atom. The summed E-state index contributed by atoms with van der Waals surface area (Å²) in [6.07, 6.45) is 3.88. The van der Waals surface area contributed by atoms with Crippen molar-refractivity contribution in [2.45, 2.75) is 13.0 Å². The lowest BCUT2D eigenvalue weighted by molar-refractivity contribution is -0.116. The summed E-state index contributed by atoms with van der Waals surface area (Å²) in [6.45, 7) is 0.560. The number of hydrogen-bond acceptors (Lipinski definition) is 2. The Morgan fingerprint density at radius 2 is 2.33 bits per heavy atom. The summed E-state index contributed by atoms with van der Waals surface area (Å²) in [5.41, 5.74) is 0.713. The van der Waals surface area contributed by atoms with Gasteiger partial charge in [0.25, 0.3) is 0 Å². The summed E-state index contributed by atoms with van der Waals surface area (Å²) in [5.74, 6) is -0.0616. The number of hydrogen-bond donors (Lipinski definition) is 1. The van der Waals surface area contributed by atoms with Crippen LogP contribution in [0, 0.1) is 0 Å². The van der Waals surface area contributed by atoms with Crippen LogP contribution in [0.4, 0.5) is 5.69 Å². The molecule has 94 valence electrons. The fraction of sp³-hybridized carbons (Fsp3) is 0.167. The molecule has 0 aliphatic heterocycles. The Hall–Kier alpha value is -1.33. The first kappa shape index (κ1) is 13.1. The number of aromatic nitrogens is 2. The van der Waals surface area contributed by atoms with E-state index in [-0.39, 0.29) is 5.91 Å². The zero-order chi connectivity index (χ0) is 13.0. The normalized spacial score (nSPS) is 10.3. The number of nitrogens with zero attached hydrogens (tertiary/aromatic N) is 2. The van der Waals surface area contributed by atoms with E-state index in [0.717, 1.165) is 4.47 Å². The second kappa shape index (κ2) is 6.02. The van der Waals surface area contributed by atoms with Crippen LogP contribution < -0.4 is 5.32 Å². The van der Waals surface area contributed by atoms with Crippen molar-refractivity contribution in [3.8, 4) is 0 Å². The number of aryl methyl sites for hydroxylation is 1. The number of carbonyl (C=O) groups excluding carboxylic acids is 1. The molecule has 4 nitrogen and oxygen atoms in total. The summed E-state index contributed by atoms with van der Waals surface area (Å²) >= 11 is 9.18. The van der Waals surface area contributed by atoms with E-state index in [1.54, 1.807) is 29.1 Å². The Morgan fingerprint density at radius 3 is 3.00 bits per heavy atom. The van der Waals surface area contributed by atoms with Crippen molar-refractivity contribution in [3.63, 3.8) is 0 Å². The third kappa shape index (κ3) is 3.58. The third-order valence-corrected chi connectivity index (χ3v) is 3.22. The highest BCUT2D eigenvalue weighted by Gasteiger charge is 2.06. The minimum absolute atomic E-state index is 0.0616. The van der Waals surface area contributed by atoms with Gasteiger partial charge < -0.3 is 5.32 Å². The maximum atomic E-state index is 11.7. The van der Waals surface area contributed by atoms with Crippen LogP contribution in [-0.4, -0.2) is 15.7 Å². The largest absolute Gasteiger partial charge is 0.325 e. The molecular weight excluding hydrogens is 318 g/mol. The molecule has 6 heteroatoms. The number of halogens is 2. The van der Waals surface area contributed by atoms with Gasteiger partial charge in [-0.25, -0.2) is 0 Å². The lowest BCUT2D eigenvalue weighted by atomic mass is 10.3. The van der Waals surface area contributed by atoms with Gasteiger partial charge in [0, 0.05) is 34.9 Å². The van der Waals surface area contributed by atoms with Gasteiger partial charge in [-0.15, -0.1) is 0 Å². The Bertz CT molecular complexity index is 542. The van der Waals surface area contributed by atoms with Crippen molar-refractivity contribution in [2.75, 3.05) is 5.32 Å². The molecule has 0 spiro atoms. The topological polar surface area (TPSA) is 46.9 Å². The van der Waals surface area contributed by atoms with Crippen molar-refractivity contribution in [3.05, 3.63) is 46.2 Å². The van der Waals surface area contributed by atoms with Crippen molar-refractivity contribution in [1.82, 2.24) is 9.78 Å². The summed E-state index contributed by atoms with van der Waals surface area (Å²) < 4.78 is 2.48. The first-order valence-electron chi connectivity index (χ1n) is 5.37. The van der Waals surface area contributed by atoms with E-state index in [2.05, 4.69) is 26.3 Å². The second-order valence-corrected chi connectivity index (χ2v) is 4.98. The maximum absolute atomic E-state index is 11.7. The molecule has 18 heavy (non-hydrogen) atoms. The fourth-order valence-corrected chi connectivity index (χ4v) is 2.23. The lowest BCUT2D eigenvalue weighted by Crippen LogP contribution is -2.15. The van der Waals surface area contributed by atoms with Crippen LogP contribution in [0.1, 0.15) is 6.42 Å². The zero-order valence-electron chi connectivity index (χ0n) is 9.44. The summed E-state index contributed by atoms with van der Waals surface area (Å²) in [4.78, 5) is 11.7. The van der Waals surface area contributed by atoms with Gasteiger partial charge in [0.2, 0.25) is 5.91 Å². The molecule has 0 saturated carbocycles. The van der Waals surface area contributed by atoms with Gasteiger partial charge in [-0.2, -0.15) is 5.10 Å². The molecule has 2 rings (SSSR count). The van der Waals surface area contributed by atoms with Gasteiger partial charge in [-0.3, -0.25) is 9.48 Å². The molecule has 0 aliphatic rings. The third-order valence-electron chi connectivity index (χ3n) is 2.33. The Kier molecular flexibility index (Phi) is 4.38. The summed E-state index contributed by atoms with van der Waals surface area (Å²) in [6, 6.07) is 7.06. The van der Waals surface area contributed by atoms with Crippen LogP contribution in [0.25, 0.3) is 0 Å². The van der Waals surface area contributed by atoms with E-state index in [9.17, 15) is 4.79 Å². The van der Waals surface area contributed by atoms with E-state index < -0.39 is 0 Å². The van der Waals surface area contributed by atoms with Crippen LogP contribution in [0.2, 0.25) is 5.02 Å². The minimum atomic E-state index is -0.0616. The molecule has 2 aromatic rings. The quantitative estimate of drug-likeness (QED) is 0.936. The first-order valence-corrected chi connectivity index (χ1v) is 6.54. The number of anilines is 1. The number of rotatable bonds is 4. The van der Waals surface area contributed by atoms with E-state index in [1.165, 1.54) is 0 Å². The van der Waals surface area contributed by atoms with E-state index >= 15 is 0 Å². The fourth-order valence-electron chi connectivity index (χ4n) is 1.45. The van der Waals surface area contributed by atoms with E-state index in [1.807, 2.05) is 12.3 Å². The van der Waals surface area contributed by atoms with Crippen molar-refractivity contribution >= 4 is 39.1 Å². The Labute approximate surface area is 118 Å². The van der Waals surface area contributed by atoms with Gasteiger partial charge in [0.15, 0.2) is 0 Å². The molecule has 0 atom stereocenters. The highest BCUT2D eigenvalue weighted by Crippen LogP contribution is 2.25. The molecule has 1 N–H and O–H groups in total. The standard InChI is InChI=1S/C12H11BrClN3O/c13-10-8-9(14)2-3-11(10)16-12(18)4-7-17-6-1-5-15-17/h1-3,5-6,8H,4,7H2,(H,16,18). The van der Waals surface area contributed by atoms with Crippen LogP contribution >= 0.6 is 27.5 Å². The second-order valence-electron chi connectivity index (χ2n) is 3.69. The number of amides is 1. The molecule has 0 aliphatic carbocycles. The van der Waals surface area contributed by atoms with Crippen molar-refractivity contribution in [2.24, 2.45) is 0 Å². The zero-order valence-corrected chi connectivity index (χ0v) is 11.8. The molecular formula is C12H11BrClN3O. The first-order chi connectivity index (χ1) is 8.65. The van der Waals surface area contributed by atoms with Crippen LogP contribution in [0.3, 0.4) is 0 Å². The summed E-state index contributed by atoms with van der Waals surface area (Å²) in [7, 11) is 0. The molecule has 1 aromatic heterocycles. The highest BCUT2D eigenvalue weighted by molar-refractivity contribution is 9.10. The molecule has 1 aromatic carbocycles. The van der Waals surface area contributed by atoms with Crippen molar-refractivity contribution in [1.29, 1.82) is 0 Å². The monoisotopic (exact) mass is 327 g/mol. The average molecular weight is 329 g/mol. The molecule has 0 fully saturated rings. The van der Waals surface area contributed by atoms with Gasteiger partial charge in [0.05, 0.1) is 5.69 Å². The molecule has 0 radical (unpaired) electrons. The van der Waals surface area contributed by atoms with Gasteiger partial charge >= 0.3 is 0 Å². The lowest BCUT2D eigenvalue weighted by Gasteiger charge is -2.07. The smallest absolute Gasteiger partial charge is 0.226 e. The van der Waals surface area contributed by atoms with Gasteiger partial charge in [-0.1, -0.05) is 11.6 Å². The predicted molar refractivity (Wildman–Crippen MR) is 74.6 cm³/mol. The number of benzene rings is 1. The number of nitrogens with one attached hydrogen (secondary N) is 1. The van der Waals surface area contributed by atoms with Gasteiger partial charge in [-0.05, 0) is 40.2 Å². The van der Waals surface area contributed by atoms with Crippen molar-refractivity contribution < 1.29 is 4.79 Å². The average Bonchev–Trinajstić information content (AvgIpc) is 2.83.